The molecule has 1 heterocycles. The number of aromatic nitrogens is 1. The molecule has 0 spiro atoms. The molecular formula is C11H9BrClN3O2S. The molecule has 0 aliphatic heterocycles. The van der Waals surface area contributed by atoms with Crippen molar-refractivity contribution < 1.29 is 8.42 Å². The first-order valence-electron chi connectivity index (χ1n) is 5.09. The van der Waals surface area contributed by atoms with E-state index in [1.165, 1.54) is 12.1 Å². The number of nitrogens with one attached hydrogen (secondary N) is 1. The van der Waals surface area contributed by atoms with E-state index in [2.05, 4.69) is 25.6 Å². The van der Waals surface area contributed by atoms with Gasteiger partial charge in [0.2, 0.25) is 0 Å². The van der Waals surface area contributed by atoms with E-state index in [-0.39, 0.29) is 15.9 Å². The van der Waals surface area contributed by atoms with Crippen LogP contribution in [0.2, 0.25) is 5.15 Å². The predicted octanol–water partition coefficient (Wildman–Crippen LogP) is 2.88. The minimum atomic E-state index is -3.78. The van der Waals surface area contributed by atoms with Crippen LogP contribution in [0.15, 0.2) is 45.8 Å². The molecule has 1 aromatic carbocycles. The van der Waals surface area contributed by atoms with Gasteiger partial charge in [-0.3, -0.25) is 4.72 Å². The number of hydrogen-bond acceptors (Lipinski definition) is 4. The number of halogens is 2. The maximum absolute atomic E-state index is 12.2. The number of pyridine rings is 1. The van der Waals surface area contributed by atoms with Crippen LogP contribution in [0.3, 0.4) is 0 Å². The summed E-state index contributed by atoms with van der Waals surface area (Å²) < 4.78 is 27.2. The van der Waals surface area contributed by atoms with Crippen molar-refractivity contribution in [2.75, 3.05) is 10.5 Å². The Morgan fingerprint density at radius 1 is 1.26 bits per heavy atom. The lowest BCUT2D eigenvalue weighted by atomic mass is 10.3. The molecule has 0 unspecified atom stereocenters. The van der Waals surface area contributed by atoms with Gasteiger partial charge < -0.3 is 5.73 Å². The van der Waals surface area contributed by atoms with Gasteiger partial charge in [0.25, 0.3) is 10.0 Å². The van der Waals surface area contributed by atoms with E-state index in [4.69, 9.17) is 17.3 Å². The van der Waals surface area contributed by atoms with Crippen LogP contribution < -0.4 is 10.5 Å². The first kappa shape index (κ1) is 14.1. The molecule has 1 aromatic heterocycles. The molecule has 0 aliphatic carbocycles. The summed E-state index contributed by atoms with van der Waals surface area (Å²) in [6.45, 7) is 0. The number of sulfonamides is 1. The highest BCUT2D eigenvalue weighted by Gasteiger charge is 2.18. The zero-order chi connectivity index (χ0) is 14.0. The van der Waals surface area contributed by atoms with Crippen molar-refractivity contribution in [3.8, 4) is 0 Å². The zero-order valence-corrected chi connectivity index (χ0v) is 12.6. The molecule has 0 bridgehead atoms. The van der Waals surface area contributed by atoms with Crippen LogP contribution in [0, 0.1) is 0 Å². The monoisotopic (exact) mass is 361 g/mol. The molecule has 5 nitrogen and oxygen atoms in total. The number of benzene rings is 1. The Bertz CT molecular complexity index is 722. The van der Waals surface area contributed by atoms with Crippen LogP contribution in [0.1, 0.15) is 0 Å². The summed E-state index contributed by atoms with van der Waals surface area (Å²) >= 11 is 8.87. The van der Waals surface area contributed by atoms with Crippen LogP contribution in [0.25, 0.3) is 0 Å². The molecule has 0 fully saturated rings. The molecule has 0 saturated carbocycles. The summed E-state index contributed by atoms with van der Waals surface area (Å²) in [5.41, 5.74) is 5.94. The van der Waals surface area contributed by atoms with Crippen LogP contribution in [0.4, 0.5) is 11.5 Å². The topological polar surface area (TPSA) is 85.1 Å². The third-order valence-corrected chi connectivity index (χ3v) is 4.76. The number of anilines is 2. The Balaban J connectivity index is 2.40. The number of hydrogen-bond donors (Lipinski definition) is 2. The van der Waals surface area contributed by atoms with Crippen molar-refractivity contribution in [2.45, 2.75) is 4.90 Å². The van der Waals surface area contributed by atoms with Crippen molar-refractivity contribution in [1.29, 1.82) is 0 Å². The van der Waals surface area contributed by atoms with Gasteiger partial charge in [0.15, 0.2) is 0 Å². The van der Waals surface area contributed by atoms with Crippen molar-refractivity contribution in [1.82, 2.24) is 4.98 Å². The quantitative estimate of drug-likeness (QED) is 0.649. The second-order valence-corrected chi connectivity index (χ2v) is 6.53. The lowest BCUT2D eigenvalue weighted by Crippen LogP contribution is -2.14. The minimum Gasteiger partial charge on any atom is -0.399 e. The molecule has 19 heavy (non-hydrogen) atoms. The van der Waals surface area contributed by atoms with Gasteiger partial charge in [-0.15, -0.1) is 0 Å². The highest BCUT2D eigenvalue weighted by Crippen LogP contribution is 2.26. The van der Waals surface area contributed by atoms with E-state index in [0.29, 0.717) is 10.2 Å². The Labute approximate surface area is 124 Å². The molecule has 0 aliphatic rings. The van der Waals surface area contributed by atoms with Gasteiger partial charge in [-0.2, -0.15) is 0 Å². The van der Waals surface area contributed by atoms with E-state index in [1.54, 1.807) is 24.3 Å². The maximum atomic E-state index is 12.2. The van der Waals surface area contributed by atoms with Crippen molar-refractivity contribution in [3.05, 3.63) is 46.0 Å². The Kier molecular flexibility index (Phi) is 3.98. The first-order chi connectivity index (χ1) is 8.88. The summed E-state index contributed by atoms with van der Waals surface area (Å²) in [5.74, 6) is 0.141. The van der Waals surface area contributed by atoms with Crippen LogP contribution >= 0.6 is 27.5 Å². The van der Waals surface area contributed by atoms with E-state index in [1.807, 2.05) is 0 Å². The van der Waals surface area contributed by atoms with Gasteiger partial charge in [-0.05, 0) is 46.3 Å². The fourth-order valence-corrected chi connectivity index (χ4v) is 3.55. The van der Waals surface area contributed by atoms with E-state index in [9.17, 15) is 8.42 Å². The largest absolute Gasteiger partial charge is 0.399 e. The third-order valence-electron chi connectivity index (χ3n) is 2.20. The zero-order valence-electron chi connectivity index (χ0n) is 9.47. The maximum Gasteiger partial charge on any atom is 0.264 e. The molecule has 3 N–H and O–H groups in total. The normalized spacial score (nSPS) is 11.3. The van der Waals surface area contributed by atoms with Gasteiger partial charge in [0.05, 0.1) is 0 Å². The summed E-state index contributed by atoms with van der Waals surface area (Å²) in [6, 6.07) is 9.17. The molecule has 0 saturated heterocycles. The van der Waals surface area contributed by atoms with Gasteiger partial charge in [-0.1, -0.05) is 17.7 Å². The smallest absolute Gasteiger partial charge is 0.264 e. The summed E-state index contributed by atoms with van der Waals surface area (Å²) in [7, 11) is -3.78. The summed E-state index contributed by atoms with van der Waals surface area (Å²) in [4.78, 5) is 3.90. The fourth-order valence-electron chi connectivity index (χ4n) is 1.38. The second-order valence-electron chi connectivity index (χ2n) is 3.64. The molecule has 8 heteroatoms. The van der Waals surface area contributed by atoms with Crippen molar-refractivity contribution >= 4 is 49.1 Å². The van der Waals surface area contributed by atoms with E-state index in [0.717, 1.165) is 0 Å². The molecule has 0 amide bonds. The number of nitrogens with two attached hydrogens (primary N) is 1. The highest BCUT2D eigenvalue weighted by molar-refractivity contribution is 9.10. The molecule has 2 aromatic rings. The standard InChI is InChI=1S/C11H9BrClN3O2S/c12-8-5-4-7(14)6-9(8)19(17,18)16-11-3-1-2-10(13)15-11/h1-6H,14H2,(H,15,16). The van der Waals surface area contributed by atoms with Crippen molar-refractivity contribution in [2.24, 2.45) is 0 Å². The second kappa shape index (κ2) is 5.36. The molecule has 0 atom stereocenters. The number of nitrogen functional groups attached to an aromatic ring is 1. The Morgan fingerprint density at radius 3 is 2.68 bits per heavy atom. The lowest BCUT2D eigenvalue weighted by Gasteiger charge is -2.09. The molecule has 2 rings (SSSR count). The lowest BCUT2D eigenvalue weighted by molar-refractivity contribution is 0.600. The molecule has 100 valence electrons. The average Bonchev–Trinajstić information content (AvgIpc) is 2.31. The third kappa shape index (κ3) is 3.37. The van der Waals surface area contributed by atoms with Gasteiger partial charge in [0, 0.05) is 10.2 Å². The van der Waals surface area contributed by atoms with Crippen LogP contribution in [-0.4, -0.2) is 13.4 Å². The predicted molar refractivity (Wildman–Crippen MR) is 78.6 cm³/mol. The van der Waals surface area contributed by atoms with Gasteiger partial charge in [-0.25, -0.2) is 13.4 Å². The van der Waals surface area contributed by atoms with E-state index >= 15 is 0 Å². The van der Waals surface area contributed by atoms with Crippen LogP contribution in [-0.2, 0) is 10.0 Å². The first-order valence-corrected chi connectivity index (χ1v) is 7.74. The SMILES string of the molecule is Nc1ccc(Br)c(S(=O)(=O)Nc2cccc(Cl)n2)c1. The number of nitrogens with zero attached hydrogens (tertiary/aromatic N) is 1. The van der Waals surface area contributed by atoms with Gasteiger partial charge in [0.1, 0.15) is 15.9 Å². The van der Waals surface area contributed by atoms with Crippen molar-refractivity contribution in [3.63, 3.8) is 0 Å². The molecule has 0 radical (unpaired) electrons. The summed E-state index contributed by atoms with van der Waals surface area (Å²) in [6.07, 6.45) is 0. The number of rotatable bonds is 3. The molecular weight excluding hydrogens is 354 g/mol. The summed E-state index contributed by atoms with van der Waals surface area (Å²) in [5, 5.41) is 0.201. The fraction of sp³-hybridized carbons (Fsp3) is 0. The Hall–Kier alpha value is -1.31. The van der Waals surface area contributed by atoms with Crippen LogP contribution in [0.5, 0.6) is 0 Å². The van der Waals surface area contributed by atoms with E-state index < -0.39 is 10.0 Å². The minimum absolute atomic E-state index is 0.0364. The Morgan fingerprint density at radius 2 is 2.00 bits per heavy atom. The average molecular weight is 363 g/mol. The highest BCUT2D eigenvalue weighted by atomic mass is 79.9. The van der Waals surface area contributed by atoms with Gasteiger partial charge >= 0.3 is 0 Å².